The van der Waals surface area contributed by atoms with Crippen molar-refractivity contribution in [2.75, 3.05) is 18.5 Å². The van der Waals surface area contributed by atoms with E-state index in [1.165, 1.54) is 30.3 Å². The molecule has 0 saturated carbocycles. The molecule has 0 bridgehead atoms. The van der Waals surface area contributed by atoms with E-state index in [1.54, 1.807) is 12.1 Å². The molecule has 0 spiro atoms. The smallest absolute Gasteiger partial charge is 0.338 e. The van der Waals surface area contributed by atoms with E-state index in [2.05, 4.69) is 5.32 Å². The van der Waals surface area contributed by atoms with E-state index in [-0.39, 0.29) is 5.56 Å². The van der Waals surface area contributed by atoms with E-state index in [4.69, 9.17) is 9.47 Å². The first kappa shape index (κ1) is 20.1. The van der Waals surface area contributed by atoms with Gasteiger partial charge in [-0.3, -0.25) is 4.79 Å². The molecule has 7 heteroatoms. The van der Waals surface area contributed by atoms with Gasteiger partial charge in [0.1, 0.15) is 5.82 Å². The number of nitrogens with one attached hydrogen (secondary N) is 1. The Morgan fingerprint density at radius 2 is 1.67 bits per heavy atom. The Morgan fingerprint density at radius 1 is 0.963 bits per heavy atom. The molecule has 0 aliphatic heterocycles. The zero-order valence-electron chi connectivity index (χ0n) is 14.9. The highest BCUT2D eigenvalue weighted by atomic mass is 19.1. The number of hydrogen-bond acceptors (Lipinski definition) is 5. The maximum atomic E-state index is 13.1. The molecule has 6 nitrogen and oxygen atoms in total. The molecule has 2 aromatic carbocycles. The summed E-state index contributed by atoms with van der Waals surface area (Å²) < 4.78 is 23.0. The van der Waals surface area contributed by atoms with Crippen molar-refractivity contribution < 1.29 is 28.2 Å². The summed E-state index contributed by atoms with van der Waals surface area (Å²) in [5.74, 6) is -2.35. The van der Waals surface area contributed by atoms with Gasteiger partial charge < -0.3 is 14.8 Å². The number of rotatable bonds is 8. The number of carbonyl (C=O) groups excluding carboxylic acids is 3. The molecule has 1 amide bonds. The quantitative estimate of drug-likeness (QED) is 0.565. The largest absolute Gasteiger partial charge is 0.462 e. The number of esters is 2. The monoisotopic (exact) mass is 373 g/mol. The van der Waals surface area contributed by atoms with Crippen LogP contribution in [0.3, 0.4) is 0 Å². The van der Waals surface area contributed by atoms with Crippen LogP contribution in [-0.4, -0.2) is 31.1 Å². The van der Waals surface area contributed by atoms with E-state index in [0.29, 0.717) is 17.9 Å². The van der Waals surface area contributed by atoms with Crippen LogP contribution in [-0.2, 0) is 14.3 Å². The van der Waals surface area contributed by atoms with Gasteiger partial charge in [-0.15, -0.1) is 0 Å². The van der Waals surface area contributed by atoms with Crippen molar-refractivity contribution in [3.05, 3.63) is 65.5 Å². The van der Waals surface area contributed by atoms with Crippen LogP contribution in [0.1, 0.15) is 40.5 Å². The third-order valence-electron chi connectivity index (χ3n) is 3.53. The number of ether oxygens (including phenoxy) is 2. The van der Waals surface area contributed by atoms with E-state index < -0.39 is 30.3 Å². The third kappa shape index (κ3) is 6.54. The van der Waals surface area contributed by atoms with Gasteiger partial charge in [-0.25, -0.2) is 14.0 Å². The lowest BCUT2D eigenvalue weighted by molar-refractivity contribution is -0.119. The second kappa shape index (κ2) is 10.1. The van der Waals surface area contributed by atoms with Crippen molar-refractivity contribution in [3.63, 3.8) is 0 Å². The predicted octanol–water partition coefficient (Wildman–Crippen LogP) is 3.58. The SMILES string of the molecule is CCCCOC(=O)c1ccc(NC(=O)COC(=O)c2cccc(F)c2)cc1. The highest BCUT2D eigenvalue weighted by molar-refractivity contribution is 5.96. The lowest BCUT2D eigenvalue weighted by Gasteiger charge is -2.08. The summed E-state index contributed by atoms with van der Waals surface area (Å²) in [7, 11) is 0. The van der Waals surface area contributed by atoms with Crippen molar-refractivity contribution in [3.8, 4) is 0 Å². The molecule has 0 saturated heterocycles. The Morgan fingerprint density at radius 3 is 2.33 bits per heavy atom. The van der Waals surface area contributed by atoms with Crippen molar-refractivity contribution in [2.45, 2.75) is 19.8 Å². The van der Waals surface area contributed by atoms with Gasteiger partial charge in [0.25, 0.3) is 5.91 Å². The van der Waals surface area contributed by atoms with E-state index in [0.717, 1.165) is 18.9 Å². The van der Waals surface area contributed by atoms with Gasteiger partial charge in [-0.05, 0) is 48.9 Å². The van der Waals surface area contributed by atoms with Crippen LogP contribution in [0.4, 0.5) is 10.1 Å². The maximum Gasteiger partial charge on any atom is 0.338 e. The molecule has 27 heavy (non-hydrogen) atoms. The zero-order valence-corrected chi connectivity index (χ0v) is 14.9. The van der Waals surface area contributed by atoms with Crippen LogP contribution < -0.4 is 5.32 Å². The summed E-state index contributed by atoms with van der Waals surface area (Å²) in [6.07, 6.45) is 1.73. The highest BCUT2D eigenvalue weighted by Gasteiger charge is 2.12. The first-order valence-corrected chi connectivity index (χ1v) is 8.49. The van der Waals surface area contributed by atoms with Crippen LogP contribution in [0.25, 0.3) is 0 Å². The maximum absolute atomic E-state index is 13.1. The van der Waals surface area contributed by atoms with Gasteiger partial charge in [0, 0.05) is 5.69 Å². The lowest BCUT2D eigenvalue weighted by Crippen LogP contribution is -2.21. The summed E-state index contributed by atoms with van der Waals surface area (Å²) in [4.78, 5) is 35.4. The average molecular weight is 373 g/mol. The molecule has 0 heterocycles. The average Bonchev–Trinajstić information content (AvgIpc) is 2.67. The minimum atomic E-state index is -0.796. The molecule has 0 unspecified atom stereocenters. The van der Waals surface area contributed by atoms with Gasteiger partial charge in [0.15, 0.2) is 6.61 Å². The molecule has 142 valence electrons. The standard InChI is InChI=1S/C20H20FNO5/c1-2-3-11-26-19(24)14-7-9-17(10-8-14)22-18(23)13-27-20(25)15-5-4-6-16(21)12-15/h4-10,12H,2-3,11,13H2,1H3,(H,22,23). The summed E-state index contributed by atoms with van der Waals surface area (Å²) in [6, 6.07) is 11.1. The van der Waals surface area contributed by atoms with Crippen LogP contribution in [0.2, 0.25) is 0 Å². The van der Waals surface area contributed by atoms with Crippen molar-refractivity contribution >= 4 is 23.5 Å². The van der Waals surface area contributed by atoms with E-state index in [1.807, 2.05) is 6.92 Å². The molecule has 2 rings (SSSR count). The summed E-state index contributed by atoms with van der Waals surface area (Å²) >= 11 is 0. The number of hydrogen-bond donors (Lipinski definition) is 1. The predicted molar refractivity (Wildman–Crippen MR) is 96.9 cm³/mol. The van der Waals surface area contributed by atoms with E-state index in [9.17, 15) is 18.8 Å². The van der Waals surface area contributed by atoms with Gasteiger partial charge in [0.05, 0.1) is 17.7 Å². The summed E-state index contributed by atoms with van der Waals surface area (Å²) in [6.45, 7) is 1.85. The molecule has 0 atom stereocenters. The molecule has 0 fully saturated rings. The highest BCUT2D eigenvalue weighted by Crippen LogP contribution is 2.11. The van der Waals surface area contributed by atoms with Crippen LogP contribution in [0.5, 0.6) is 0 Å². The molecular formula is C20H20FNO5. The Kier molecular flexibility index (Phi) is 7.49. The van der Waals surface area contributed by atoms with Crippen molar-refractivity contribution in [2.24, 2.45) is 0 Å². The molecular weight excluding hydrogens is 353 g/mol. The number of benzene rings is 2. The Bertz CT molecular complexity index is 804. The molecule has 1 N–H and O–H groups in total. The summed E-state index contributed by atoms with van der Waals surface area (Å²) in [5.41, 5.74) is 0.835. The number of halogens is 1. The van der Waals surface area contributed by atoms with Crippen LogP contribution in [0.15, 0.2) is 48.5 Å². The molecule has 0 aromatic heterocycles. The normalized spacial score (nSPS) is 10.1. The number of unbranched alkanes of at least 4 members (excludes halogenated alkanes) is 1. The van der Waals surface area contributed by atoms with Crippen molar-refractivity contribution in [1.29, 1.82) is 0 Å². The van der Waals surface area contributed by atoms with Gasteiger partial charge in [-0.1, -0.05) is 19.4 Å². The Hall–Kier alpha value is -3.22. The number of carbonyl (C=O) groups is 3. The molecule has 0 aliphatic carbocycles. The minimum Gasteiger partial charge on any atom is -0.462 e. The molecule has 0 aliphatic rings. The summed E-state index contributed by atoms with van der Waals surface area (Å²) in [5, 5.41) is 2.54. The fraction of sp³-hybridized carbons (Fsp3) is 0.250. The molecule has 2 aromatic rings. The lowest BCUT2D eigenvalue weighted by atomic mass is 10.2. The van der Waals surface area contributed by atoms with Crippen molar-refractivity contribution in [1.82, 2.24) is 0 Å². The van der Waals surface area contributed by atoms with E-state index >= 15 is 0 Å². The van der Waals surface area contributed by atoms with Gasteiger partial charge >= 0.3 is 11.9 Å². The second-order valence-electron chi connectivity index (χ2n) is 5.70. The van der Waals surface area contributed by atoms with Gasteiger partial charge in [-0.2, -0.15) is 0 Å². The topological polar surface area (TPSA) is 81.7 Å². The fourth-order valence-corrected chi connectivity index (χ4v) is 2.11. The molecule has 0 radical (unpaired) electrons. The number of anilines is 1. The van der Waals surface area contributed by atoms with Crippen LogP contribution in [0, 0.1) is 5.82 Å². The van der Waals surface area contributed by atoms with Crippen LogP contribution >= 0.6 is 0 Å². The third-order valence-corrected chi connectivity index (χ3v) is 3.53. The van der Waals surface area contributed by atoms with Gasteiger partial charge in [0.2, 0.25) is 0 Å². The Balaban J connectivity index is 1.81. The first-order valence-electron chi connectivity index (χ1n) is 8.49. The second-order valence-corrected chi connectivity index (χ2v) is 5.70. The minimum absolute atomic E-state index is 0.0220. The Labute approximate surface area is 156 Å². The number of amides is 1. The fourth-order valence-electron chi connectivity index (χ4n) is 2.11. The first-order chi connectivity index (χ1) is 13.0. The zero-order chi connectivity index (χ0) is 19.6.